The fourth-order valence-electron chi connectivity index (χ4n) is 4.75. The molecule has 2 aliphatic rings. The van der Waals surface area contributed by atoms with Gasteiger partial charge < -0.3 is 4.90 Å². The van der Waals surface area contributed by atoms with Gasteiger partial charge in [0.25, 0.3) is 11.5 Å². The van der Waals surface area contributed by atoms with Crippen molar-refractivity contribution in [2.75, 3.05) is 22.1 Å². The van der Waals surface area contributed by atoms with Gasteiger partial charge in [0.2, 0.25) is 10.8 Å². The molecule has 176 valence electrons. The molecule has 34 heavy (non-hydrogen) atoms. The van der Waals surface area contributed by atoms with Gasteiger partial charge in [0.05, 0.1) is 28.9 Å². The number of aromatic nitrogens is 2. The molecule has 1 aromatic heterocycles. The summed E-state index contributed by atoms with van der Waals surface area (Å²) in [6.07, 6.45) is -3.39. The smallest absolute Gasteiger partial charge is 0.309 e. The van der Waals surface area contributed by atoms with Crippen molar-refractivity contribution in [1.82, 2.24) is 9.36 Å². The number of carbonyl (C=O) groups excluding carboxylic acids is 2. The van der Waals surface area contributed by atoms with Gasteiger partial charge in [0, 0.05) is 19.2 Å². The number of para-hydroxylation sites is 1. The van der Waals surface area contributed by atoms with Crippen LogP contribution in [0.4, 0.5) is 24.5 Å². The summed E-state index contributed by atoms with van der Waals surface area (Å²) in [5.74, 6) is -1.52. The SMILES string of the molecule is CCN1C(=O)C2(SCC(=O)N2c2cn(C)n(-c3ccccc3)c2=O)c2c1cccc2C(F)(F)F. The molecule has 11 heteroatoms. The van der Waals surface area contributed by atoms with Gasteiger partial charge in [0.15, 0.2) is 0 Å². The number of alkyl halides is 3. The Balaban J connectivity index is 1.80. The van der Waals surface area contributed by atoms with Crippen LogP contribution in [0.15, 0.2) is 59.5 Å². The summed E-state index contributed by atoms with van der Waals surface area (Å²) in [5, 5.41) is 0. The van der Waals surface area contributed by atoms with Crippen molar-refractivity contribution in [3.63, 3.8) is 0 Å². The minimum Gasteiger partial charge on any atom is -0.309 e. The maximum Gasteiger partial charge on any atom is 0.416 e. The lowest BCUT2D eigenvalue weighted by Crippen LogP contribution is -2.51. The molecule has 1 saturated heterocycles. The van der Waals surface area contributed by atoms with E-state index in [1.54, 1.807) is 44.3 Å². The predicted molar refractivity (Wildman–Crippen MR) is 122 cm³/mol. The van der Waals surface area contributed by atoms with Gasteiger partial charge in [-0.05, 0) is 31.2 Å². The number of benzene rings is 2. The molecule has 1 unspecified atom stereocenters. The Morgan fingerprint density at radius 3 is 2.35 bits per heavy atom. The lowest BCUT2D eigenvalue weighted by Gasteiger charge is -2.32. The number of fused-ring (bicyclic) bond motifs is 2. The maximum absolute atomic E-state index is 14.1. The fraction of sp³-hybridized carbons (Fsp3) is 0.261. The van der Waals surface area contributed by atoms with Crippen molar-refractivity contribution < 1.29 is 22.8 Å². The molecule has 3 aromatic rings. The molecule has 2 aliphatic heterocycles. The van der Waals surface area contributed by atoms with Crippen LogP contribution >= 0.6 is 11.8 Å². The van der Waals surface area contributed by atoms with Crippen LogP contribution in [-0.4, -0.2) is 33.5 Å². The summed E-state index contributed by atoms with van der Waals surface area (Å²) in [4.78, 5) is 40.6. The normalized spacial score (nSPS) is 20.0. The number of aryl methyl sites for hydroxylation is 1. The molecule has 3 heterocycles. The van der Waals surface area contributed by atoms with Crippen LogP contribution < -0.4 is 15.4 Å². The number of anilines is 2. The van der Waals surface area contributed by atoms with E-state index in [0.717, 1.165) is 22.7 Å². The van der Waals surface area contributed by atoms with Crippen LogP contribution in [0.2, 0.25) is 0 Å². The summed E-state index contributed by atoms with van der Waals surface area (Å²) < 4.78 is 45.1. The molecule has 1 spiro atoms. The summed E-state index contributed by atoms with van der Waals surface area (Å²) in [5.41, 5.74) is -1.47. The third kappa shape index (κ3) is 2.89. The van der Waals surface area contributed by atoms with Crippen molar-refractivity contribution >= 4 is 35.0 Å². The number of amides is 2. The standard InChI is InChI=1S/C23H19F3N4O3S/c1-3-28-16-11-7-10-15(23(24,25)26)19(16)22(21(28)33)29(18(31)13-34-22)17-12-27(2)30(20(17)32)14-8-5-4-6-9-14/h4-12H,3,13H2,1-2H3. The highest BCUT2D eigenvalue weighted by Gasteiger charge is 2.64. The van der Waals surface area contributed by atoms with Crippen LogP contribution in [0, 0.1) is 0 Å². The lowest BCUT2D eigenvalue weighted by atomic mass is 9.98. The van der Waals surface area contributed by atoms with Crippen LogP contribution in [0.5, 0.6) is 0 Å². The summed E-state index contributed by atoms with van der Waals surface area (Å²) >= 11 is 0.811. The summed E-state index contributed by atoms with van der Waals surface area (Å²) in [7, 11) is 1.59. The van der Waals surface area contributed by atoms with Crippen molar-refractivity contribution in [2.24, 2.45) is 7.05 Å². The zero-order valence-electron chi connectivity index (χ0n) is 18.2. The second-order valence-corrected chi connectivity index (χ2v) is 9.12. The number of thioether (sulfide) groups is 1. The predicted octanol–water partition coefficient (Wildman–Crippen LogP) is 3.49. The first-order chi connectivity index (χ1) is 16.1. The van der Waals surface area contributed by atoms with Crippen molar-refractivity contribution in [2.45, 2.75) is 18.0 Å². The Hall–Kier alpha value is -3.47. The average molecular weight is 488 g/mol. The molecule has 0 N–H and O–H groups in total. The van der Waals surface area contributed by atoms with E-state index >= 15 is 0 Å². The second kappa shape index (κ2) is 7.52. The molecule has 0 aliphatic carbocycles. The van der Waals surface area contributed by atoms with E-state index in [1.807, 2.05) is 0 Å². The molecule has 0 saturated carbocycles. The molecular weight excluding hydrogens is 469 g/mol. The monoisotopic (exact) mass is 488 g/mol. The number of hydrogen-bond donors (Lipinski definition) is 0. The number of nitrogens with zero attached hydrogens (tertiary/aromatic N) is 4. The highest BCUT2D eigenvalue weighted by Crippen LogP contribution is 2.58. The molecule has 0 bridgehead atoms. The van der Waals surface area contributed by atoms with E-state index in [1.165, 1.54) is 32.6 Å². The molecular formula is C23H19F3N4O3S. The Bertz CT molecular complexity index is 1380. The van der Waals surface area contributed by atoms with E-state index < -0.39 is 34.0 Å². The van der Waals surface area contributed by atoms with Gasteiger partial charge in [0.1, 0.15) is 5.69 Å². The molecule has 2 aromatic carbocycles. The Labute approximate surface area is 196 Å². The number of likely N-dealkylation sites (N-methyl/N-ethyl adjacent to an activating group) is 1. The number of carbonyl (C=O) groups is 2. The first-order valence-electron chi connectivity index (χ1n) is 10.5. The quantitative estimate of drug-likeness (QED) is 0.566. The van der Waals surface area contributed by atoms with Gasteiger partial charge >= 0.3 is 6.18 Å². The zero-order chi connectivity index (χ0) is 24.4. The summed E-state index contributed by atoms with van der Waals surface area (Å²) in [6, 6.07) is 12.2. The highest BCUT2D eigenvalue weighted by molar-refractivity contribution is 8.02. The van der Waals surface area contributed by atoms with Gasteiger partial charge in [-0.1, -0.05) is 24.3 Å². The van der Waals surface area contributed by atoms with E-state index in [-0.39, 0.29) is 29.2 Å². The van der Waals surface area contributed by atoms with Crippen LogP contribution in [0.25, 0.3) is 5.69 Å². The van der Waals surface area contributed by atoms with Crippen molar-refractivity contribution in [1.29, 1.82) is 0 Å². The molecule has 0 radical (unpaired) electrons. The maximum atomic E-state index is 14.1. The van der Waals surface area contributed by atoms with Gasteiger partial charge in [-0.25, -0.2) is 4.68 Å². The molecule has 5 rings (SSSR count). The van der Waals surface area contributed by atoms with Crippen LogP contribution in [0.1, 0.15) is 18.1 Å². The number of hydrogen-bond acceptors (Lipinski definition) is 4. The largest absolute Gasteiger partial charge is 0.416 e. The fourth-order valence-corrected chi connectivity index (χ4v) is 6.13. The third-order valence-electron chi connectivity index (χ3n) is 6.08. The van der Waals surface area contributed by atoms with Crippen molar-refractivity contribution in [3.8, 4) is 5.69 Å². The van der Waals surface area contributed by atoms with E-state index in [0.29, 0.717) is 5.69 Å². The lowest BCUT2D eigenvalue weighted by molar-refractivity contribution is -0.138. The molecule has 1 fully saturated rings. The minimum absolute atomic E-state index is 0.0915. The topological polar surface area (TPSA) is 67.6 Å². The molecule has 7 nitrogen and oxygen atoms in total. The summed E-state index contributed by atoms with van der Waals surface area (Å²) in [6.45, 7) is 1.76. The first-order valence-corrected chi connectivity index (χ1v) is 11.4. The van der Waals surface area contributed by atoms with Gasteiger partial charge in [-0.15, -0.1) is 11.8 Å². The van der Waals surface area contributed by atoms with Crippen LogP contribution in [0.3, 0.4) is 0 Å². The first kappa shape index (κ1) is 22.3. The highest BCUT2D eigenvalue weighted by atomic mass is 32.2. The number of halogens is 3. The Morgan fingerprint density at radius 1 is 1.00 bits per heavy atom. The minimum atomic E-state index is -4.76. The molecule has 1 atom stereocenters. The zero-order valence-corrected chi connectivity index (χ0v) is 19.0. The van der Waals surface area contributed by atoms with Crippen LogP contribution in [-0.2, 0) is 27.7 Å². The van der Waals surface area contributed by atoms with Crippen molar-refractivity contribution in [3.05, 3.63) is 76.2 Å². The Morgan fingerprint density at radius 2 is 1.71 bits per heavy atom. The van der Waals surface area contributed by atoms with E-state index in [9.17, 15) is 27.6 Å². The van der Waals surface area contributed by atoms with Gasteiger partial charge in [-0.2, -0.15) is 13.2 Å². The average Bonchev–Trinajstić information content (AvgIpc) is 3.38. The Kier molecular flexibility index (Phi) is 4.94. The second-order valence-electron chi connectivity index (χ2n) is 7.95. The number of rotatable bonds is 3. The third-order valence-corrected chi connectivity index (χ3v) is 7.45. The van der Waals surface area contributed by atoms with E-state index in [4.69, 9.17) is 0 Å². The van der Waals surface area contributed by atoms with E-state index in [2.05, 4.69) is 0 Å². The van der Waals surface area contributed by atoms with Gasteiger partial charge in [-0.3, -0.25) is 24.0 Å². The molecule has 2 amide bonds.